The standard InChI is InChI=1S/C28H22F3NO3/c29-28(30,31)27(33)32(23-11-15-25(16-12-23)34-19-21-7-3-1-4-8-21)24-13-17-26(18-14-24)35-20-22-9-5-2-6-10-22/h1-18H,19-20H2. The molecule has 0 saturated carbocycles. The van der Waals surface area contributed by atoms with Crippen molar-refractivity contribution in [2.45, 2.75) is 19.4 Å². The average molecular weight is 477 g/mol. The molecule has 4 rings (SSSR count). The SMILES string of the molecule is O=C(N(c1ccc(OCc2ccccc2)cc1)c1ccc(OCc2ccccc2)cc1)C(F)(F)F. The number of ether oxygens (including phenoxy) is 2. The van der Waals surface area contributed by atoms with E-state index in [1.807, 2.05) is 60.7 Å². The number of benzene rings is 4. The van der Waals surface area contributed by atoms with Gasteiger partial charge in [-0.1, -0.05) is 60.7 Å². The number of hydrogen-bond donors (Lipinski definition) is 0. The molecule has 0 aliphatic carbocycles. The third-order valence-electron chi connectivity index (χ3n) is 5.13. The average Bonchev–Trinajstić information content (AvgIpc) is 2.88. The smallest absolute Gasteiger partial charge is 0.472 e. The lowest BCUT2D eigenvalue weighted by Crippen LogP contribution is -2.38. The minimum absolute atomic E-state index is 0.0670. The number of carbonyl (C=O) groups is 1. The van der Waals surface area contributed by atoms with Crippen LogP contribution in [0.15, 0.2) is 109 Å². The number of alkyl halides is 3. The molecule has 0 aromatic heterocycles. The summed E-state index contributed by atoms with van der Waals surface area (Å²) < 4.78 is 51.6. The molecule has 0 heterocycles. The maximum atomic E-state index is 13.4. The summed E-state index contributed by atoms with van der Waals surface area (Å²) in [6, 6.07) is 30.8. The lowest BCUT2D eigenvalue weighted by atomic mass is 10.2. The minimum Gasteiger partial charge on any atom is -0.489 e. The lowest BCUT2D eigenvalue weighted by Gasteiger charge is -2.24. The van der Waals surface area contributed by atoms with E-state index in [4.69, 9.17) is 9.47 Å². The van der Waals surface area contributed by atoms with Gasteiger partial charge in [0, 0.05) is 11.4 Å². The fraction of sp³-hybridized carbons (Fsp3) is 0.107. The van der Waals surface area contributed by atoms with Crippen molar-refractivity contribution in [2.24, 2.45) is 0 Å². The number of carbonyl (C=O) groups excluding carboxylic acids is 1. The molecule has 4 aromatic rings. The van der Waals surface area contributed by atoms with E-state index in [0.717, 1.165) is 11.1 Å². The van der Waals surface area contributed by atoms with Crippen molar-refractivity contribution in [1.29, 1.82) is 0 Å². The summed E-state index contributed by atoms with van der Waals surface area (Å²) >= 11 is 0. The van der Waals surface area contributed by atoms with Gasteiger partial charge in [0.2, 0.25) is 0 Å². The molecule has 0 atom stereocenters. The van der Waals surface area contributed by atoms with Crippen molar-refractivity contribution >= 4 is 17.3 Å². The molecule has 0 saturated heterocycles. The van der Waals surface area contributed by atoms with Gasteiger partial charge >= 0.3 is 12.1 Å². The summed E-state index contributed by atoms with van der Waals surface area (Å²) in [5.74, 6) is -1.04. The highest BCUT2D eigenvalue weighted by Crippen LogP contribution is 2.33. The molecule has 0 spiro atoms. The van der Waals surface area contributed by atoms with Gasteiger partial charge in [-0.25, -0.2) is 0 Å². The van der Waals surface area contributed by atoms with Gasteiger partial charge in [0.1, 0.15) is 24.7 Å². The number of anilines is 2. The fourth-order valence-corrected chi connectivity index (χ4v) is 3.38. The molecular weight excluding hydrogens is 455 g/mol. The number of nitrogens with zero attached hydrogens (tertiary/aromatic N) is 1. The Hall–Kier alpha value is -4.26. The van der Waals surface area contributed by atoms with Gasteiger partial charge in [0.15, 0.2) is 0 Å². The van der Waals surface area contributed by atoms with Crippen LogP contribution in [0.3, 0.4) is 0 Å². The second-order valence-electron chi connectivity index (χ2n) is 7.67. The number of rotatable bonds is 8. The Labute approximate surface area is 201 Å². The predicted octanol–water partition coefficient (Wildman–Crippen LogP) is 7.07. The van der Waals surface area contributed by atoms with E-state index in [1.54, 1.807) is 0 Å². The van der Waals surface area contributed by atoms with Crippen LogP contribution in [-0.4, -0.2) is 12.1 Å². The Morgan fingerprint density at radius 1 is 0.600 bits per heavy atom. The number of halogens is 3. The van der Waals surface area contributed by atoms with E-state index in [9.17, 15) is 18.0 Å². The first kappa shape index (κ1) is 23.9. The molecular formula is C28H22F3NO3. The molecule has 0 unspecified atom stereocenters. The van der Waals surface area contributed by atoms with Gasteiger partial charge in [-0.15, -0.1) is 0 Å². The molecule has 4 nitrogen and oxygen atoms in total. The minimum atomic E-state index is -5.05. The van der Waals surface area contributed by atoms with Crippen molar-refractivity contribution in [1.82, 2.24) is 0 Å². The second-order valence-corrected chi connectivity index (χ2v) is 7.67. The van der Waals surface area contributed by atoms with Crippen LogP contribution in [0.2, 0.25) is 0 Å². The van der Waals surface area contributed by atoms with Crippen LogP contribution in [0.25, 0.3) is 0 Å². The number of amides is 1. The van der Waals surface area contributed by atoms with Gasteiger partial charge in [-0.3, -0.25) is 9.69 Å². The first-order valence-corrected chi connectivity index (χ1v) is 10.8. The number of hydrogen-bond acceptors (Lipinski definition) is 3. The van der Waals surface area contributed by atoms with E-state index in [0.29, 0.717) is 29.6 Å². The van der Waals surface area contributed by atoms with E-state index in [2.05, 4.69) is 0 Å². The van der Waals surface area contributed by atoms with E-state index >= 15 is 0 Å². The van der Waals surface area contributed by atoms with Crippen molar-refractivity contribution in [3.8, 4) is 11.5 Å². The molecule has 0 aliphatic rings. The van der Waals surface area contributed by atoms with E-state index in [-0.39, 0.29) is 11.4 Å². The molecule has 4 aromatic carbocycles. The van der Waals surface area contributed by atoms with Crippen molar-refractivity contribution in [2.75, 3.05) is 4.90 Å². The Balaban J connectivity index is 1.50. The maximum Gasteiger partial charge on any atom is 0.472 e. The highest BCUT2D eigenvalue weighted by atomic mass is 19.4. The van der Waals surface area contributed by atoms with Gasteiger partial charge in [-0.2, -0.15) is 13.2 Å². The Morgan fingerprint density at radius 3 is 1.31 bits per heavy atom. The predicted molar refractivity (Wildman–Crippen MR) is 128 cm³/mol. The fourth-order valence-electron chi connectivity index (χ4n) is 3.38. The monoisotopic (exact) mass is 477 g/mol. The molecule has 0 bridgehead atoms. The van der Waals surface area contributed by atoms with Crippen LogP contribution in [-0.2, 0) is 18.0 Å². The largest absolute Gasteiger partial charge is 0.489 e. The molecule has 0 fully saturated rings. The van der Waals surface area contributed by atoms with E-state index in [1.165, 1.54) is 48.5 Å². The Kier molecular flexibility index (Phi) is 7.35. The Bertz CT molecular complexity index is 1140. The van der Waals surface area contributed by atoms with Crippen LogP contribution >= 0.6 is 0 Å². The molecule has 0 N–H and O–H groups in total. The van der Waals surface area contributed by atoms with Crippen molar-refractivity contribution < 1.29 is 27.4 Å². The molecule has 178 valence electrons. The van der Waals surface area contributed by atoms with Gasteiger partial charge in [0.25, 0.3) is 0 Å². The third-order valence-corrected chi connectivity index (χ3v) is 5.13. The highest BCUT2D eigenvalue weighted by Gasteiger charge is 2.43. The summed E-state index contributed by atoms with van der Waals surface area (Å²) in [6.45, 7) is 0.631. The topological polar surface area (TPSA) is 38.8 Å². The van der Waals surface area contributed by atoms with Gasteiger partial charge < -0.3 is 9.47 Å². The maximum absolute atomic E-state index is 13.4. The molecule has 0 aliphatic heterocycles. The van der Waals surface area contributed by atoms with E-state index < -0.39 is 12.1 Å². The molecule has 35 heavy (non-hydrogen) atoms. The van der Waals surface area contributed by atoms with Crippen LogP contribution < -0.4 is 14.4 Å². The summed E-state index contributed by atoms with van der Waals surface area (Å²) in [4.78, 5) is 12.9. The van der Waals surface area contributed by atoms with Crippen LogP contribution in [0, 0.1) is 0 Å². The quantitative estimate of drug-likeness (QED) is 0.272. The van der Waals surface area contributed by atoms with Gasteiger partial charge in [-0.05, 0) is 59.7 Å². The van der Waals surface area contributed by atoms with Crippen molar-refractivity contribution in [3.05, 3.63) is 120 Å². The molecule has 7 heteroatoms. The third kappa shape index (κ3) is 6.41. The summed E-state index contributed by atoms with van der Waals surface area (Å²) in [6.07, 6.45) is -5.05. The first-order valence-electron chi connectivity index (χ1n) is 10.8. The van der Waals surface area contributed by atoms with Gasteiger partial charge in [0.05, 0.1) is 0 Å². The first-order chi connectivity index (χ1) is 16.9. The Morgan fingerprint density at radius 2 is 0.971 bits per heavy atom. The van der Waals surface area contributed by atoms with Crippen molar-refractivity contribution in [3.63, 3.8) is 0 Å². The lowest BCUT2D eigenvalue weighted by molar-refractivity contribution is -0.169. The van der Waals surface area contributed by atoms with Crippen LogP contribution in [0.4, 0.5) is 24.5 Å². The summed E-state index contributed by atoms with van der Waals surface area (Å²) in [5.41, 5.74) is 2.05. The van der Waals surface area contributed by atoms with Crippen LogP contribution in [0.5, 0.6) is 11.5 Å². The zero-order chi connectivity index (χ0) is 24.7. The highest BCUT2D eigenvalue weighted by molar-refractivity contribution is 6.03. The summed E-state index contributed by atoms with van der Waals surface area (Å²) in [7, 11) is 0. The van der Waals surface area contributed by atoms with Crippen LogP contribution in [0.1, 0.15) is 11.1 Å². The zero-order valence-corrected chi connectivity index (χ0v) is 18.6. The zero-order valence-electron chi connectivity index (χ0n) is 18.6. The molecule has 1 amide bonds. The normalized spacial score (nSPS) is 11.1. The second kappa shape index (κ2) is 10.8. The summed E-state index contributed by atoms with van der Waals surface area (Å²) in [5, 5.41) is 0. The molecule has 0 radical (unpaired) electrons.